The molecule has 1 aliphatic heterocycles. The van der Waals surface area contributed by atoms with Crippen LogP contribution in [0, 0.1) is 0 Å². The Hall–Kier alpha value is -0.610. The van der Waals surface area contributed by atoms with E-state index in [0.29, 0.717) is 6.04 Å². The van der Waals surface area contributed by atoms with Gasteiger partial charge in [-0.05, 0) is 39.0 Å². The van der Waals surface area contributed by atoms with Crippen molar-refractivity contribution in [3.05, 3.63) is 0 Å². The van der Waals surface area contributed by atoms with Crippen LogP contribution in [-0.4, -0.2) is 38.3 Å². The third-order valence-electron chi connectivity index (χ3n) is 3.01. The summed E-state index contributed by atoms with van der Waals surface area (Å²) in [7, 11) is 1.70. The van der Waals surface area contributed by atoms with Crippen LogP contribution in [0.5, 0.6) is 0 Å². The lowest BCUT2D eigenvalue weighted by Crippen LogP contribution is -2.50. The SMILES string of the molecule is COCCCCNC(=O)C1CCCC(C)N1. The largest absolute Gasteiger partial charge is 0.385 e. The summed E-state index contributed by atoms with van der Waals surface area (Å²) in [5.74, 6) is 0.156. The van der Waals surface area contributed by atoms with Crippen molar-refractivity contribution in [1.29, 1.82) is 0 Å². The lowest BCUT2D eigenvalue weighted by Gasteiger charge is -2.27. The van der Waals surface area contributed by atoms with E-state index in [1.165, 1.54) is 6.42 Å². The Balaban J connectivity index is 2.09. The Morgan fingerprint density at radius 3 is 2.94 bits per heavy atom. The van der Waals surface area contributed by atoms with E-state index in [4.69, 9.17) is 4.74 Å². The number of hydrogen-bond donors (Lipinski definition) is 2. The average Bonchev–Trinajstić information content (AvgIpc) is 2.28. The maximum Gasteiger partial charge on any atom is 0.237 e. The lowest BCUT2D eigenvalue weighted by atomic mass is 9.99. The van der Waals surface area contributed by atoms with Crippen molar-refractivity contribution >= 4 is 5.91 Å². The van der Waals surface area contributed by atoms with Gasteiger partial charge in [-0.15, -0.1) is 0 Å². The minimum atomic E-state index is 0.0196. The van der Waals surface area contributed by atoms with Crippen molar-refractivity contribution in [3.8, 4) is 0 Å². The molecule has 0 aromatic heterocycles. The molecule has 1 fully saturated rings. The Morgan fingerprint density at radius 2 is 2.25 bits per heavy atom. The maximum atomic E-state index is 11.8. The molecular weight excluding hydrogens is 204 g/mol. The summed E-state index contributed by atoms with van der Waals surface area (Å²) in [5.41, 5.74) is 0. The molecule has 2 atom stereocenters. The van der Waals surface area contributed by atoms with Crippen LogP contribution in [0.2, 0.25) is 0 Å². The molecule has 0 aromatic rings. The number of nitrogens with one attached hydrogen (secondary N) is 2. The van der Waals surface area contributed by atoms with E-state index in [1.54, 1.807) is 7.11 Å². The molecule has 2 N–H and O–H groups in total. The lowest BCUT2D eigenvalue weighted by molar-refractivity contribution is -0.123. The Morgan fingerprint density at radius 1 is 1.44 bits per heavy atom. The van der Waals surface area contributed by atoms with Crippen LogP contribution < -0.4 is 10.6 Å². The summed E-state index contributed by atoms with van der Waals surface area (Å²) < 4.78 is 4.95. The first-order chi connectivity index (χ1) is 7.74. The summed E-state index contributed by atoms with van der Waals surface area (Å²) >= 11 is 0. The molecule has 1 saturated heterocycles. The first-order valence-electron chi connectivity index (χ1n) is 6.26. The number of amides is 1. The number of unbranched alkanes of at least 4 members (excludes halogenated alkanes) is 1. The van der Waals surface area contributed by atoms with Gasteiger partial charge in [0.05, 0.1) is 6.04 Å². The molecule has 0 radical (unpaired) electrons. The van der Waals surface area contributed by atoms with Crippen molar-refractivity contribution < 1.29 is 9.53 Å². The smallest absolute Gasteiger partial charge is 0.237 e. The first-order valence-corrected chi connectivity index (χ1v) is 6.26. The monoisotopic (exact) mass is 228 g/mol. The van der Waals surface area contributed by atoms with Crippen molar-refractivity contribution in [2.24, 2.45) is 0 Å². The van der Waals surface area contributed by atoms with Crippen LogP contribution in [0.3, 0.4) is 0 Å². The van der Waals surface area contributed by atoms with Gasteiger partial charge in [0.1, 0.15) is 0 Å². The van der Waals surface area contributed by atoms with Crippen LogP contribution >= 0.6 is 0 Å². The Labute approximate surface area is 98.1 Å². The topological polar surface area (TPSA) is 50.4 Å². The summed E-state index contributed by atoms with van der Waals surface area (Å²) in [6, 6.07) is 0.490. The van der Waals surface area contributed by atoms with E-state index >= 15 is 0 Å². The van der Waals surface area contributed by atoms with Gasteiger partial charge in [0, 0.05) is 26.3 Å². The normalized spacial score (nSPS) is 25.4. The zero-order chi connectivity index (χ0) is 11.8. The molecule has 1 rings (SSSR count). The number of ether oxygens (including phenoxy) is 1. The van der Waals surface area contributed by atoms with Gasteiger partial charge in [-0.3, -0.25) is 4.79 Å². The number of piperidine rings is 1. The zero-order valence-corrected chi connectivity index (χ0v) is 10.4. The third-order valence-corrected chi connectivity index (χ3v) is 3.01. The second kappa shape index (κ2) is 7.63. The predicted molar refractivity (Wildman–Crippen MR) is 64.4 cm³/mol. The second-order valence-electron chi connectivity index (χ2n) is 4.54. The average molecular weight is 228 g/mol. The van der Waals surface area contributed by atoms with Gasteiger partial charge >= 0.3 is 0 Å². The quantitative estimate of drug-likeness (QED) is 0.668. The molecule has 1 heterocycles. The molecule has 0 aliphatic carbocycles. The van der Waals surface area contributed by atoms with Crippen LogP contribution in [0.15, 0.2) is 0 Å². The number of rotatable bonds is 6. The van der Waals surface area contributed by atoms with Gasteiger partial charge in [0.15, 0.2) is 0 Å². The molecule has 2 unspecified atom stereocenters. The van der Waals surface area contributed by atoms with E-state index in [-0.39, 0.29) is 11.9 Å². The molecule has 0 aromatic carbocycles. The highest BCUT2D eigenvalue weighted by atomic mass is 16.5. The molecule has 1 aliphatic rings. The van der Waals surface area contributed by atoms with Crippen LogP contribution in [0.25, 0.3) is 0 Å². The van der Waals surface area contributed by atoms with Crippen LogP contribution in [0.1, 0.15) is 39.0 Å². The molecule has 94 valence electrons. The molecule has 1 amide bonds. The van der Waals surface area contributed by atoms with Crippen molar-refractivity contribution in [2.45, 2.75) is 51.1 Å². The fraction of sp³-hybridized carbons (Fsp3) is 0.917. The third kappa shape index (κ3) is 4.94. The van der Waals surface area contributed by atoms with E-state index < -0.39 is 0 Å². The van der Waals surface area contributed by atoms with E-state index in [2.05, 4.69) is 17.6 Å². The molecule has 16 heavy (non-hydrogen) atoms. The number of hydrogen-bond acceptors (Lipinski definition) is 3. The first kappa shape index (κ1) is 13.5. The fourth-order valence-corrected chi connectivity index (χ4v) is 2.05. The zero-order valence-electron chi connectivity index (χ0n) is 10.4. The molecule has 4 heteroatoms. The van der Waals surface area contributed by atoms with Crippen LogP contribution in [-0.2, 0) is 9.53 Å². The van der Waals surface area contributed by atoms with Gasteiger partial charge in [-0.25, -0.2) is 0 Å². The molecule has 0 spiro atoms. The van der Waals surface area contributed by atoms with E-state index in [1.807, 2.05) is 0 Å². The standard InChI is InChI=1S/C12H24N2O2/c1-10-6-5-7-11(14-10)12(15)13-8-3-4-9-16-2/h10-11,14H,3-9H2,1-2H3,(H,13,15). The molecule has 0 saturated carbocycles. The predicted octanol–water partition coefficient (Wildman–Crippen LogP) is 1.06. The Kier molecular flexibility index (Phi) is 6.42. The van der Waals surface area contributed by atoms with Gasteiger partial charge in [0.2, 0.25) is 5.91 Å². The van der Waals surface area contributed by atoms with Gasteiger partial charge < -0.3 is 15.4 Å². The number of methoxy groups -OCH3 is 1. The molecular formula is C12H24N2O2. The van der Waals surface area contributed by atoms with E-state index in [0.717, 1.165) is 38.8 Å². The van der Waals surface area contributed by atoms with E-state index in [9.17, 15) is 4.79 Å². The molecule has 4 nitrogen and oxygen atoms in total. The second-order valence-corrected chi connectivity index (χ2v) is 4.54. The van der Waals surface area contributed by atoms with Gasteiger partial charge in [0.25, 0.3) is 0 Å². The highest BCUT2D eigenvalue weighted by Gasteiger charge is 2.23. The minimum absolute atomic E-state index is 0.0196. The van der Waals surface area contributed by atoms with Crippen molar-refractivity contribution in [1.82, 2.24) is 10.6 Å². The fourth-order valence-electron chi connectivity index (χ4n) is 2.05. The number of carbonyl (C=O) groups excluding carboxylic acids is 1. The van der Waals surface area contributed by atoms with Crippen molar-refractivity contribution in [3.63, 3.8) is 0 Å². The Bertz CT molecular complexity index is 209. The van der Waals surface area contributed by atoms with Gasteiger partial charge in [-0.2, -0.15) is 0 Å². The highest BCUT2D eigenvalue weighted by molar-refractivity contribution is 5.81. The number of carbonyl (C=O) groups is 1. The summed E-state index contributed by atoms with van der Waals surface area (Å²) in [4.78, 5) is 11.8. The van der Waals surface area contributed by atoms with Crippen molar-refractivity contribution in [2.75, 3.05) is 20.3 Å². The summed E-state index contributed by atoms with van der Waals surface area (Å²) in [6.45, 7) is 3.67. The highest BCUT2D eigenvalue weighted by Crippen LogP contribution is 2.12. The minimum Gasteiger partial charge on any atom is -0.385 e. The maximum absolute atomic E-state index is 11.8. The summed E-state index contributed by atoms with van der Waals surface area (Å²) in [6.07, 6.45) is 5.29. The molecule has 0 bridgehead atoms. The van der Waals surface area contributed by atoms with Gasteiger partial charge in [-0.1, -0.05) is 0 Å². The summed E-state index contributed by atoms with van der Waals surface area (Å²) in [5, 5.41) is 6.31. The van der Waals surface area contributed by atoms with Crippen LogP contribution in [0.4, 0.5) is 0 Å².